The van der Waals surface area contributed by atoms with Gasteiger partial charge in [-0.25, -0.2) is 0 Å². The Morgan fingerprint density at radius 2 is 2.33 bits per heavy atom. The molecule has 1 unspecified atom stereocenters. The van der Waals surface area contributed by atoms with Crippen LogP contribution in [-0.2, 0) is 5.54 Å². The molecule has 1 atom stereocenters. The SMILES string of the molecule is [2H]CC(N)(CC=C)c1c([2H])c([2H])c([2H])c([2H])c1[2H]. The summed E-state index contributed by atoms with van der Waals surface area (Å²) in [6.45, 7) is 3.24. The highest BCUT2D eigenvalue weighted by Gasteiger charge is 2.17. The lowest BCUT2D eigenvalue weighted by atomic mass is 9.90. The molecule has 0 heterocycles. The molecular weight excluding hydrogens is 146 g/mol. The molecular formula is C11H15N. The molecule has 1 aromatic rings. The molecule has 1 heteroatoms. The zero-order valence-electron chi connectivity index (χ0n) is 12.8. The second-order valence-electron chi connectivity index (χ2n) is 2.65. The quantitative estimate of drug-likeness (QED) is 0.687. The van der Waals surface area contributed by atoms with E-state index in [-0.39, 0.29) is 31.0 Å². The van der Waals surface area contributed by atoms with Crippen LogP contribution >= 0.6 is 0 Å². The minimum atomic E-state index is -1.31. The Morgan fingerprint density at radius 3 is 2.83 bits per heavy atom. The Balaban J connectivity index is 3.63. The highest BCUT2D eigenvalue weighted by atomic mass is 14.7. The molecule has 12 heavy (non-hydrogen) atoms. The van der Waals surface area contributed by atoms with E-state index in [1.165, 1.54) is 6.08 Å². The molecule has 0 saturated carbocycles. The normalized spacial score (nSPS) is 22.1. The van der Waals surface area contributed by atoms with Gasteiger partial charge in [0.15, 0.2) is 0 Å². The van der Waals surface area contributed by atoms with Crippen molar-refractivity contribution in [1.29, 1.82) is 0 Å². The first-order valence-electron chi connectivity index (χ1n) is 6.77. The van der Waals surface area contributed by atoms with Crippen molar-refractivity contribution in [2.45, 2.75) is 18.9 Å². The lowest BCUT2D eigenvalue weighted by molar-refractivity contribution is 0.502. The molecule has 0 aliphatic carbocycles. The molecule has 2 N–H and O–H groups in total. The number of benzene rings is 1. The molecule has 1 nitrogen and oxygen atoms in total. The molecule has 0 spiro atoms. The molecule has 1 aromatic carbocycles. The third-order valence-electron chi connectivity index (χ3n) is 1.51. The van der Waals surface area contributed by atoms with Gasteiger partial charge in [0.25, 0.3) is 0 Å². The summed E-state index contributed by atoms with van der Waals surface area (Å²) in [5.41, 5.74) is 4.66. The molecule has 64 valence electrons. The molecule has 0 aromatic heterocycles. The summed E-state index contributed by atoms with van der Waals surface area (Å²) in [6.07, 6.45) is 1.65. The van der Waals surface area contributed by atoms with Crippen LogP contribution < -0.4 is 5.73 Å². The van der Waals surface area contributed by atoms with Gasteiger partial charge in [-0.15, -0.1) is 6.58 Å². The highest BCUT2D eigenvalue weighted by molar-refractivity contribution is 5.23. The zero-order valence-corrected chi connectivity index (χ0v) is 6.78. The average molecular weight is 167 g/mol. The van der Waals surface area contributed by atoms with E-state index in [0.717, 1.165) is 0 Å². The molecule has 0 amide bonds. The summed E-state index contributed by atoms with van der Waals surface area (Å²) in [5, 5.41) is 0. The summed E-state index contributed by atoms with van der Waals surface area (Å²) in [7, 11) is 0. The minimum Gasteiger partial charge on any atom is -0.321 e. The Kier molecular flexibility index (Phi) is 1.11. The van der Waals surface area contributed by atoms with Gasteiger partial charge in [-0.05, 0) is 18.9 Å². The summed E-state index contributed by atoms with van der Waals surface area (Å²) >= 11 is 0. The summed E-state index contributed by atoms with van der Waals surface area (Å²) < 4.78 is 45.7. The Bertz CT molecular complexity index is 458. The molecule has 1 rings (SSSR count). The second kappa shape index (κ2) is 3.55. The van der Waals surface area contributed by atoms with Crippen LogP contribution in [0.5, 0.6) is 0 Å². The second-order valence-corrected chi connectivity index (χ2v) is 2.65. The van der Waals surface area contributed by atoms with Crippen molar-refractivity contribution in [3.05, 3.63) is 48.4 Å². The van der Waals surface area contributed by atoms with Crippen LogP contribution in [-0.4, -0.2) is 0 Å². The van der Waals surface area contributed by atoms with E-state index >= 15 is 0 Å². The number of rotatable bonds is 3. The molecule has 0 fully saturated rings. The lowest BCUT2D eigenvalue weighted by Gasteiger charge is -2.23. The van der Waals surface area contributed by atoms with Gasteiger partial charge in [0.05, 0.1) is 6.85 Å². The van der Waals surface area contributed by atoms with E-state index in [4.69, 9.17) is 14.0 Å². The average Bonchev–Trinajstić information content (AvgIpc) is 2.34. The van der Waals surface area contributed by atoms with Crippen molar-refractivity contribution in [2.24, 2.45) is 5.73 Å². The Hall–Kier alpha value is -1.08. The first-order chi connectivity index (χ1) is 8.30. The van der Waals surface area contributed by atoms with E-state index in [1.807, 2.05) is 0 Å². The van der Waals surface area contributed by atoms with Crippen molar-refractivity contribution in [2.75, 3.05) is 0 Å². The molecule has 0 aliphatic heterocycles. The minimum absolute atomic E-state index is 0.0246. The van der Waals surface area contributed by atoms with Crippen LogP contribution in [0.25, 0.3) is 0 Å². The lowest BCUT2D eigenvalue weighted by Crippen LogP contribution is -2.32. The first-order valence-corrected chi connectivity index (χ1v) is 3.56. The highest BCUT2D eigenvalue weighted by Crippen LogP contribution is 2.20. The predicted octanol–water partition coefficient (Wildman–Crippen LogP) is 2.44. The van der Waals surface area contributed by atoms with E-state index in [1.54, 1.807) is 0 Å². The van der Waals surface area contributed by atoms with Crippen molar-refractivity contribution < 1.29 is 8.22 Å². The summed E-state index contributed by atoms with van der Waals surface area (Å²) in [5.74, 6) is 0. The van der Waals surface area contributed by atoms with E-state index in [0.29, 0.717) is 0 Å². The molecule has 0 saturated heterocycles. The standard InChI is InChI=1S/C11H15N/c1-3-9-11(2,12)10-7-5-4-6-8-10/h3-8H,1,9,12H2,2H3/i2D,4D,5D,6D,7D,8D. The predicted molar refractivity (Wildman–Crippen MR) is 52.8 cm³/mol. The van der Waals surface area contributed by atoms with Crippen LogP contribution in [0.3, 0.4) is 0 Å². The van der Waals surface area contributed by atoms with Gasteiger partial charge in [0, 0.05) is 6.91 Å². The van der Waals surface area contributed by atoms with Crippen LogP contribution in [0.1, 0.15) is 27.1 Å². The maximum atomic E-state index is 7.80. The maximum absolute atomic E-state index is 7.80. The number of hydrogen-bond acceptors (Lipinski definition) is 1. The third-order valence-corrected chi connectivity index (χ3v) is 1.51. The maximum Gasteiger partial charge on any atom is 0.0626 e. The fourth-order valence-electron chi connectivity index (χ4n) is 0.859. The molecule has 0 radical (unpaired) electrons. The van der Waals surface area contributed by atoms with Crippen molar-refractivity contribution in [1.82, 2.24) is 0 Å². The topological polar surface area (TPSA) is 26.0 Å². The largest absolute Gasteiger partial charge is 0.321 e. The van der Waals surface area contributed by atoms with Crippen LogP contribution in [0.15, 0.2) is 42.9 Å². The number of hydrogen-bond donors (Lipinski definition) is 1. The number of nitrogens with two attached hydrogens (primary N) is 1. The fraction of sp³-hybridized carbons (Fsp3) is 0.273. The van der Waals surface area contributed by atoms with Crippen LogP contribution in [0.2, 0.25) is 0 Å². The van der Waals surface area contributed by atoms with Gasteiger partial charge in [0.1, 0.15) is 0 Å². The van der Waals surface area contributed by atoms with Gasteiger partial charge in [-0.2, -0.15) is 0 Å². The van der Waals surface area contributed by atoms with E-state index in [2.05, 4.69) is 6.58 Å². The van der Waals surface area contributed by atoms with Gasteiger partial charge in [-0.1, -0.05) is 36.3 Å². The third kappa shape index (κ3) is 1.95. The van der Waals surface area contributed by atoms with Gasteiger partial charge >= 0.3 is 0 Å². The smallest absolute Gasteiger partial charge is 0.0626 e. The first kappa shape index (κ1) is 3.75. The van der Waals surface area contributed by atoms with E-state index in [9.17, 15) is 0 Å². The molecule has 0 bridgehead atoms. The molecule has 0 aliphatic rings. The Labute approximate surface area is 82.3 Å². The summed E-state index contributed by atoms with van der Waals surface area (Å²) in [6, 6.07) is -2.02. The fourth-order valence-corrected chi connectivity index (χ4v) is 0.859. The van der Waals surface area contributed by atoms with Crippen LogP contribution in [0, 0.1) is 0 Å². The van der Waals surface area contributed by atoms with Crippen LogP contribution in [0.4, 0.5) is 0 Å². The van der Waals surface area contributed by atoms with Crippen molar-refractivity contribution in [3.8, 4) is 0 Å². The summed E-state index contributed by atoms with van der Waals surface area (Å²) in [4.78, 5) is 0. The van der Waals surface area contributed by atoms with Crippen molar-refractivity contribution >= 4 is 0 Å². The van der Waals surface area contributed by atoms with Gasteiger partial charge in [-0.3, -0.25) is 0 Å². The zero-order chi connectivity index (χ0) is 14.1. The monoisotopic (exact) mass is 167 g/mol. The van der Waals surface area contributed by atoms with E-state index < -0.39 is 23.7 Å². The van der Waals surface area contributed by atoms with Gasteiger partial charge in [0.2, 0.25) is 0 Å². The van der Waals surface area contributed by atoms with Crippen molar-refractivity contribution in [3.63, 3.8) is 0 Å². The van der Waals surface area contributed by atoms with Gasteiger partial charge < -0.3 is 5.73 Å². The Morgan fingerprint density at radius 1 is 1.67 bits per heavy atom.